The van der Waals surface area contributed by atoms with E-state index < -0.39 is 0 Å². The van der Waals surface area contributed by atoms with Crippen LogP contribution in [0.4, 0.5) is 0 Å². The number of fused-ring (bicyclic) bond motifs is 1. The summed E-state index contributed by atoms with van der Waals surface area (Å²) in [5.74, 6) is 0.854. The van der Waals surface area contributed by atoms with E-state index in [2.05, 4.69) is 17.1 Å². The predicted molar refractivity (Wildman–Crippen MR) is 99.5 cm³/mol. The number of benzene rings is 1. The molecule has 0 bridgehead atoms. The third-order valence-electron chi connectivity index (χ3n) is 4.49. The SMILES string of the molecule is CCc1oc2ccccc2c1/C=C/C(=O)NCCCN1CCOCC1. The Balaban J connectivity index is 1.50. The van der Waals surface area contributed by atoms with E-state index in [1.165, 1.54) is 0 Å². The van der Waals surface area contributed by atoms with E-state index in [1.807, 2.05) is 30.3 Å². The molecule has 5 nitrogen and oxygen atoms in total. The van der Waals surface area contributed by atoms with Gasteiger partial charge in [0.1, 0.15) is 11.3 Å². The molecule has 2 aromatic rings. The highest BCUT2D eigenvalue weighted by molar-refractivity contribution is 5.96. The van der Waals surface area contributed by atoms with E-state index in [4.69, 9.17) is 9.15 Å². The van der Waals surface area contributed by atoms with Gasteiger partial charge >= 0.3 is 0 Å². The predicted octanol–water partition coefficient (Wildman–Crippen LogP) is 2.85. The van der Waals surface area contributed by atoms with Crippen LogP contribution in [0.5, 0.6) is 0 Å². The van der Waals surface area contributed by atoms with E-state index in [0.29, 0.717) is 6.54 Å². The molecular weight excluding hydrogens is 316 g/mol. The topological polar surface area (TPSA) is 54.7 Å². The molecule has 0 radical (unpaired) electrons. The van der Waals surface area contributed by atoms with E-state index in [1.54, 1.807) is 6.08 Å². The monoisotopic (exact) mass is 342 g/mol. The van der Waals surface area contributed by atoms with Crippen molar-refractivity contribution < 1.29 is 13.9 Å². The summed E-state index contributed by atoms with van der Waals surface area (Å²) in [4.78, 5) is 14.4. The molecule has 0 unspecified atom stereocenters. The molecule has 0 saturated carbocycles. The van der Waals surface area contributed by atoms with Gasteiger partial charge in [-0.3, -0.25) is 9.69 Å². The van der Waals surface area contributed by atoms with Crippen LogP contribution >= 0.6 is 0 Å². The first-order valence-corrected chi connectivity index (χ1v) is 9.04. The number of nitrogens with one attached hydrogen (secondary N) is 1. The minimum absolute atomic E-state index is 0.0608. The normalized spacial score (nSPS) is 15.9. The summed E-state index contributed by atoms with van der Waals surface area (Å²) in [5, 5.41) is 4.01. The Bertz CT molecular complexity index is 730. The van der Waals surface area contributed by atoms with Gasteiger partial charge in [0.2, 0.25) is 5.91 Å². The number of rotatable bonds is 7. The molecule has 0 aliphatic carbocycles. The fourth-order valence-corrected chi connectivity index (χ4v) is 3.12. The number of morpholine rings is 1. The van der Waals surface area contributed by atoms with Crippen LogP contribution in [0.1, 0.15) is 24.7 Å². The van der Waals surface area contributed by atoms with Crippen molar-refractivity contribution in [3.63, 3.8) is 0 Å². The van der Waals surface area contributed by atoms with Gasteiger partial charge in [0, 0.05) is 43.1 Å². The molecule has 1 aliphatic heterocycles. The highest BCUT2D eigenvalue weighted by Crippen LogP contribution is 2.27. The second-order valence-corrected chi connectivity index (χ2v) is 6.22. The number of aryl methyl sites for hydroxylation is 1. The molecule has 1 fully saturated rings. The summed E-state index contributed by atoms with van der Waals surface area (Å²) in [5.41, 5.74) is 1.87. The minimum Gasteiger partial charge on any atom is -0.460 e. The summed E-state index contributed by atoms with van der Waals surface area (Å²) >= 11 is 0. The maximum Gasteiger partial charge on any atom is 0.244 e. The van der Waals surface area contributed by atoms with E-state index >= 15 is 0 Å². The van der Waals surface area contributed by atoms with Crippen LogP contribution in [0.2, 0.25) is 0 Å². The lowest BCUT2D eigenvalue weighted by Crippen LogP contribution is -2.38. The zero-order chi connectivity index (χ0) is 17.5. The molecule has 1 N–H and O–H groups in total. The summed E-state index contributed by atoms with van der Waals surface area (Å²) < 4.78 is 11.2. The molecule has 5 heteroatoms. The van der Waals surface area contributed by atoms with Crippen LogP contribution in [-0.2, 0) is 16.0 Å². The molecule has 1 amide bonds. The Morgan fingerprint density at radius 2 is 2.08 bits per heavy atom. The summed E-state index contributed by atoms with van der Waals surface area (Å²) in [7, 11) is 0. The average molecular weight is 342 g/mol. The van der Waals surface area contributed by atoms with Gasteiger partial charge in [0.05, 0.1) is 13.2 Å². The molecular formula is C20H26N2O3. The quantitative estimate of drug-likeness (QED) is 0.621. The molecule has 25 heavy (non-hydrogen) atoms. The molecule has 1 saturated heterocycles. The number of nitrogens with zero attached hydrogens (tertiary/aromatic N) is 1. The highest BCUT2D eigenvalue weighted by Gasteiger charge is 2.11. The Morgan fingerprint density at radius 3 is 2.88 bits per heavy atom. The van der Waals surface area contributed by atoms with Gasteiger partial charge in [-0.25, -0.2) is 0 Å². The second-order valence-electron chi connectivity index (χ2n) is 6.22. The average Bonchev–Trinajstić information content (AvgIpc) is 3.02. The molecule has 1 aromatic heterocycles. The van der Waals surface area contributed by atoms with Gasteiger partial charge in [-0.05, 0) is 25.1 Å². The van der Waals surface area contributed by atoms with Crippen molar-refractivity contribution in [2.75, 3.05) is 39.4 Å². The molecule has 1 aromatic carbocycles. The molecule has 3 rings (SSSR count). The largest absolute Gasteiger partial charge is 0.460 e. The lowest BCUT2D eigenvalue weighted by Gasteiger charge is -2.26. The number of hydrogen-bond acceptors (Lipinski definition) is 4. The van der Waals surface area contributed by atoms with Crippen molar-refractivity contribution in [2.45, 2.75) is 19.8 Å². The summed E-state index contributed by atoms with van der Waals surface area (Å²) in [6, 6.07) is 7.93. The van der Waals surface area contributed by atoms with Crippen molar-refractivity contribution >= 4 is 23.0 Å². The van der Waals surface area contributed by atoms with Gasteiger partial charge in [-0.15, -0.1) is 0 Å². The fraction of sp³-hybridized carbons (Fsp3) is 0.450. The van der Waals surface area contributed by atoms with Crippen LogP contribution in [0.25, 0.3) is 17.0 Å². The van der Waals surface area contributed by atoms with Crippen LogP contribution in [0.3, 0.4) is 0 Å². The van der Waals surface area contributed by atoms with Crippen molar-refractivity contribution in [3.8, 4) is 0 Å². The Hall–Kier alpha value is -2.11. The van der Waals surface area contributed by atoms with Gasteiger partial charge in [-0.1, -0.05) is 25.1 Å². The maximum absolute atomic E-state index is 12.1. The van der Waals surface area contributed by atoms with Gasteiger partial charge in [-0.2, -0.15) is 0 Å². The maximum atomic E-state index is 12.1. The van der Waals surface area contributed by atoms with Crippen LogP contribution in [-0.4, -0.2) is 50.2 Å². The standard InChI is InChI=1S/C20H26N2O3/c1-2-18-17(16-6-3-4-7-19(16)25-18)8-9-20(23)21-10-5-11-22-12-14-24-15-13-22/h3-4,6-9H,2,5,10-15H2,1H3,(H,21,23)/b9-8+. The van der Waals surface area contributed by atoms with Crippen molar-refractivity contribution in [1.29, 1.82) is 0 Å². The molecule has 2 heterocycles. The van der Waals surface area contributed by atoms with Gasteiger partial charge in [0.25, 0.3) is 0 Å². The van der Waals surface area contributed by atoms with Crippen LogP contribution < -0.4 is 5.32 Å². The number of ether oxygens (including phenoxy) is 1. The van der Waals surface area contributed by atoms with Crippen molar-refractivity contribution in [3.05, 3.63) is 41.7 Å². The molecule has 0 atom stereocenters. The third-order valence-corrected chi connectivity index (χ3v) is 4.49. The third kappa shape index (κ3) is 4.71. The van der Waals surface area contributed by atoms with Crippen molar-refractivity contribution in [2.24, 2.45) is 0 Å². The fourth-order valence-electron chi connectivity index (χ4n) is 3.12. The van der Waals surface area contributed by atoms with Crippen LogP contribution in [0, 0.1) is 0 Å². The van der Waals surface area contributed by atoms with E-state index in [9.17, 15) is 4.79 Å². The number of hydrogen-bond donors (Lipinski definition) is 1. The molecule has 0 spiro atoms. The molecule has 1 aliphatic rings. The molecule has 134 valence electrons. The number of furan rings is 1. The minimum atomic E-state index is -0.0608. The summed E-state index contributed by atoms with van der Waals surface area (Å²) in [6.45, 7) is 7.34. The summed E-state index contributed by atoms with van der Waals surface area (Å²) in [6.07, 6.45) is 5.22. The zero-order valence-electron chi connectivity index (χ0n) is 14.8. The number of carbonyl (C=O) groups excluding carboxylic acids is 1. The zero-order valence-corrected chi connectivity index (χ0v) is 14.8. The second kappa shape index (κ2) is 8.83. The number of amides is 1. The van der Waals surface area contributed by atoms with E-state index in [-0.39, 0.29) is 5.91 Å². The lowest BCUT2D eigenvalue weighted by atomic mass is 10.1. The first kappa shape index (κ1) is 17.7. The number of carbonyl (C=O) groups is 1. The Kier molecular flexibility index (Phi) is 6.25. The van der Waals surface area contributed by atoms with Gasteiger partial charge in [0.15, 0.2) is 0 Å². The van der Waals surface area contributed by atoms with Gasteiger partial charge < -0.3 is 14.5 Å². The van der Waals surface area contributed by atoms with Crippen molar-refractivity contribution in [1.82, 2.24) is 10.2 Å². The van der Waals surface area contributed by atoms with Crippen LogP contribution in [0.15, 0.2) is 34.8 Å². The van der Waals surface area contributed by atoms with E-state index in [0.717, 1.165) is 68.0 Å². The Labute approximate surface area is 148 Å². The first-order chi connectivity index (χ1) is 12.3. The first-order valence-electron chi connectivity index (χ1n) is 9.04. The number of para-hydroxylation sites is 1. The smallest absolute Gasteiger partial charge is 0.244 e. The highest BCUT2D eigenvalue weighted by atomic mass is 16.5. The Morgan fingerprint density at radius 1 is 1.28 bits per heavy atom. The lowest BCUT2D eigenvalue weighted by molar-refractivity contribution is -0.116.